The molecule has 2 saturated heterocycles. The zero-order valence-corrected chi connectivity index (χ0v) is 37.4. The van der Waals surface area contributed by atoms with E-state index in [9.17, 15) is 21.6 Å². The van der Waals surface area contributed by atoms with Gasteiger partial charge in [0, 0.05) is 67.1 Å². The molecule has 0 atom stereocenters. The molecule has 59 heavy (non-hydrogen) atoms. The highest BCUT2D eigenvalue weighted by Gasteiger charge is 2.30. The number of ether oxygens (including phenoxy) is 2. The summed E-state index contributed by atoms with van der Waals surface area (Å²) in [6.07, 6.45) is 7.30. The number of carbonyl (C=O) groups excluding carboxylic acids is 1. The number of carbonyl (C=O) groups is 1. The maximum atomic E-state index is 13.4. The number of hydrogen-bond donors (Lipinski definition) is 1. The summed E-state index contributed by atoms with van der Waals surface area (Å²) in [7, 11) is -2.26. The number of amides is 1. The fourth-order valence-corrected chi connectivity index (χ4v) is 9.76. The monoisotopic (exact) mass is 869 g/mol. The van der Waals surface area contributed by atoms with Crippen LogP contribution in [0.4, 0.5) is 0 Å². The first-order valence-electron chi connectivity index (χ1n) is 20.4. The fraction of sp³-hybridized carbons (Fsp3) is 0.571. The minimum Gasteiger partial charge on any atom is -0.381 e. The minimum absolute atomic E-state index is 0.0906. The molecule has 1 saturated carbocycles. The van der Waals surface area contributed by atoms with Crippen molar-refractivity contribution < 1.29 is 31.1 Å². The van der Waals surface area contributed by atoms with E-state index in [1.165, 1.54) is 6.20 Å². The number of fused-ring (bicyclic) bond motifs is 2. The number of imidazole rings is 2. The number of nitrogens with one attached hydrogen (secondary N) is 1. The SMILES string of the molecule is CC(C)(C)c1nc2cc(S(=O)(=O)Cl)ccc2n1CC1CCOCC1.Cc1nn(S(=O)(=O)c2ccc3c(c2)nc(C(C)(C)C)n3CC2CCOCC2)cc1C(=O)NC1CC1. The highest BCUT2D eigenvalue weighted by molar-refractivity contribution is 8.13. The van der Waals surface area contributed by atoms with Crippen molar-refractivity contribution in [1.82, 2.24) is 33.6 Å². The molecule has 3 fully saturated rings. The van der Waals surface area contributed by atoms with Crippen LogP contribution in [-0.2, 0) is 52.5 Å². The Kier molecular flexibility index (Phi) is 12.1. The molecule has 1 amide bonds. The summed E-state index contributed by atoms with van der Waals surface area (Å²) in [6, 6.07) is 10.2. The first kappa shape index (κ1) is 43.3. The molecule has 5 heterocycles. The average Bonchev–Trinajstić information content (AvgIpc) is 3.59. The smallest absolute Gasteiger partial charge is 0.283 e. The summed E-state index contributed by atoms with van der Waals surface area (Å²) in [5, 5.41) is 7.05. The number of halogens is 1. The van der Waals surface area contributed by atoms with Crippen LogP contribution >= 0.6 is 10.7 Å². The van der Waals surface area contributed by atoms with Gasteiger partial charge in [0.05, 0.1) is 49.3 Å². The Morgan fingerprint density at radius 2 is 1.20 bits per heavy atom. The third-order valence-corrected chi connectivity index (χ3v) is 14.1. The second kappa shape index (κ2) is 16.6. The molecule has 17 heteroatoms. The Bertz CT molecular complexity index is 2570. The van der Waals surface area contributed by atoms with Crippen LogP contribution < -0.4 is 5.32 Å². The molecule has 0 bridgehead atoms. The zero-order valence-electron chi connectivity index (χ0n) is 35.0. The molecular formula is C42H56ClN7O7S2. The number of hydrogen-bond acceptors (Lipinski definition) is 10. The van der Waals surface area contributed by atoms with Gasteiger partial charge in [0.25, 0.3) is 25.0 Å². The minimum atomic E-state index is -3.98. The Labute approximate surface area is 351 Å². The lowest BCUT2D eigenvalue weighted by molar-refractivity contribution is 0.0610. The highest BCUT2D eigenvalue weighted by Crippen LogP contribution is 2.33. The second-order valence-corrected chi connectivity index (χ2v) is 22.6. The van der Waals surface area contributed by atoms with E-state index in [-0.39, 0.29) is 38.1 Å². The Morgan fingerprint density at radius 3 is 1.64 bits per heavy atom. The summed E-state index contributed by atoms with van der Waals surface area (Å²) in [5.41, 5.74) is 3.50. The summed E-state index contributed by atoms with van der Waals surface area (Å²) < 4.78 is 66.4. The van der Waals surface area contributed by atoms with Crippen molar-refractivity contribution >= 4 is 57.7 Å². The third-order valence-electron chi connectivity index (χ3n) is 11.2. The van der Waals surface area contributed by atoms with Crippen molar-refractivity contribution in [2.75, 3.05) is 26.4 Å². The third kappa shape index (κ3) is 9.72. The molecule has 3 aliphatic rings. The number of aryl methyl sites for hydroxylation is 1. The molecule has 2 aromatic carbocycles. The molecule has 1 N–H and O–H groups in total. The van der Waals surface area contributed by atoms with Gasteiger partial charge >= 0.3 is 0 Å². The molecule has 8 rings (SSSR count). The topological polar surface area (TPSA) is 169 Å². The van der Waals surface area contributed by atoms with Crippen molar-refractivity contribution in [2.24, 2.45) is 11.8 Å². The average molecular weight is 871 g/mol. The van der Waals surface area contributed by atoms with Crippen LogP contribution in [0.3, 0.4) is 0 Å². The van der Waals surface area contributed by atoms with Crippen LogP contribution in [0.15, 0.2) is 52.4 Å². The number of nitrogens with zero attached hydrogens (tertiary/aromatic N) is 6. The van der Waals surface area contributed by atoms with Gasteiger partial charge < -0.3 is 23.9 Å². The molecule has 14 nitrogen and oxygen atoms in total. The van der Waals surface area contributed by atoms with E-state index in [0.717, 1.165) is 105 Å². The van der Waals surface area contributed by atoms with E-state index in [1.807, 2.05) is 12.1 Å². The molecule has 3 aromatic heterocycles. The van der Waals surface area contributed by atoms with E-state index in [1.54, 1.807) is 31.2 Å². The first-order chi connectivity index (χ1) is 27.7. The Hall–Kier alpha value is -3.83. The van der Waals surface area contributed by atoms with Crippen molar-refractivity contribution in [3.63, 3.8) is 0 Å². The van der Waals surface area contributed by atoms with Crippen LogP contribution in [0.2, 0.25) is 0 Å². The molecular weight excluding hydrogens is 814 g/mol. The van der Waals surface area contributed by atoms with Crippen molar-refractivity contribution in [1.29, 1.82) is 0 Å². The van der Waals surface area contributed by atoms with Gasteiger partial charge in [-0.1, -0.05) is 41.5 Å². The second-order valence-electron chi connectivity index (χ2n) is 18.2. The van der Waals surface area contributed by atoms with Crippen LogP contribution in [0.5, 0.6) is 0 Å². The van der Waals surface area contributed by atoms with Crippen molar-refractivity contribution in [2.45, 2.75) is 127 Å². The van der Waals surface area contributed by atoms with E-state index >= 15 is 0 Å². The summed E-state index contributed by atoms with van der Waals surface area (Å²) in [5.74, 6) is 2.66. The predicted molar refractivity (Wildman–Crippen MR) is 227 cm³/mol. The highest BCUT2D eigenvalue weighted by atomic mass is 35.7. The largest absolute Gasteiger partial charge is 0.381 e. The first-order valence-corrected chi connectivity index (χ1v) is 24.2. The van der Waals surface area contributed by atoms with Crippen molar-refractivity contribution in [3.05, 3.63) is 65.5 Å². The van der Waals surface area contributed by atoms with Gasteiger partial charge in [-0.3, -0.25) is 4.79 Å². The molecule has 1 aliphatic carbocycles. The molecule has 0 radical (unpaired) electrons. The summed E-state index contributed by atoms with van der Waals surface area (Å²) >= 11 is 0. The normalized spacial score (nSPS) is 17.6. The summed E-state index contributed by atoms with van der Waals surface area (Å²) in [6.45, 7) is 19.2. The molecule has 320 valence electrons. The number of benzene rings is 2. The molecule has 2 aliphatic heterocycles. The van der Waals surface area contributed by atoms with Gasteiger partial charge in [-0.25, -0.2) is 18.4 Å². The van der Waals surface area contributed by atoms with Gasteiger partial charge in [-0.2, -0.15) is 17.6 Å². The van der Waals surface area contributed by atoms with Gasteiger partial charge in [0.2, 0.25) is 0 Å². The Balaban J connectivity index is 0.000000192. The van der Waals surface area contributed by atoms with Gasteiger partial charge in [0.1, 0.15) is 11.6 Å². The lowest BCUT2D eigenvalue weighted by Crippen LogP contribution is -2.25. The van der Waals surface area contributed by atoms with E-state index < -0.39 is 19.1 Å². The van der Waals surface area contributed by atoms with E-state index in [4.69, 9.17) is 30.1 Å². The Morgan fingerprint density at radius 1 is 0.746 bits per heavy atom. The van der Waals surface area contributed by atoms with Crippen LogP contribution in [-0.4, -0.2) is 83.5 Å². The lowest BCUT2D eigenvalue weighted by Gasteiger charge is -2.26. The van der Waals surface area contributed by atoms with E-state index in [2.05, 4.69) is 61.1 Å². The fourth-order valence-electron chi connectivity index (χ4n) is 7.80. The van der Waals surface area contributed by atoms with Crippen LogP contribution in [0.1, 0.15) is 108 Å². The van der Waals surface area contributed by atoms with Crippen LogP contribution in [0.25, 0.3) is 22.1 Å². The molecule has 0 unspecified atom stereocenters. The molecule has 5 aromatic rings. The van der Waals surface area contributed by atoms with Gasteiger partial charge in [0.15, 0.2) is 0 Å². The van der Waals surface area contributed by atoms with Crippen molar-refractivity contribution in [3.8, 4) is 0 Å². The maximum absolute atomic E-state index is 13.4. The molecule has 0 spiro atoms. The number of aromatic nitrogens is 6. The van der Waals surface area contributed by atoms with E-state index in [0.29, 0.717) is 28.6 Å². The maximum Gasteiger partial charge on any atom is 0.283 e. The zero-order chi connectivity index (χ0) is 42.5. The predicted octanol–water partition coefficient (Wildman–Crippen LogP) is 7.08. The lowest BCUT2D eigenvalue weighted by atomic mass is 9.94. The number of rotatable bonds is 9. The van der Waals surface area contributed by atoms with Gasteiger partial charge in [-0.15, -0.1) is 0 Å². The van der Waals surface area contributed by atoms with Gasteiger partial charge in [-0.05, 0) is 93.7 Å². The standard InChI is InChI=1S/C25H33N5O4S.C17H23ClN2O3S/c1-16-20(23(31)26-18-5-6-18)15-30(28-16)35(32,33)19-7-8-22-21(13-19)27-24(25(2,3)4)29(22)14-17-9-11-34-12-10-17;1-17(2,3)16-19-14-10-13(24(18,21)22)4-5-15(14)20(16)11-12-6-8-23-9-7-12/h7-8,13,15,17-18H,5-6,9-12,14H2,1-4H3,(H,26,31);4-5,10,12H,6-9,11H2,1-3H3. The quantitative estimate of drug-likeness (QED) is 0.151. The van der Waals surface area contributed by atoms with Crippen LogP contribution in [0, 0.1) is 18.8 Å². The summed E-state index contributed by atoms with van der Waals surface area (Å²) in [4.78, 5) is 22.3.